The number of amides is 1. The molecule has 1 aromatic carbocycles. The number of ether oxygens (including phenoxy) is 1. The van der Waals surface area contributed by atoms with Gasteiger partial charge in [-0.3, -0.25) is 9.69 Å². The van der Waals surface area contributed by atoms with Gasteiger partial charge in [0.05, 0.1) is 6.54 Å². The molecular weight excluding hydrogens is 333 g/mol. The first-order valence-electron chi connectivity index (χ1n) is 8.51. The highest BCUT2D eigenvalue weighted by Gasteiger charge is 2.54. The number of nitrogens with zero attached hydrogens (tertiary/aromatic N) is 1. The summed E-state index contributed by atoms with van der Waals surface area (Å²) in [5.41, 5.74) is 5.96. The highest BCUT2D eigenvalue weighted by Crippen LogP contribution is 2.51. The van der Waals surface area contributed by atoms with Crippen LogP contribution in [0.3, 0.4) is 0 Å². The molecule has 1 saturated heterocycles. The quantitative estimate of drug-likeness (QED) is 0.903. The summed E-state index contributed by atoms with van der Waals surface area (Å²) in [5.74, 6) is -0.612. The van der Waals surface area contributed by atoms with Crippen LogP contribution in [-0.4, -0.2) is 43.7 Å². The molecule has 2 N–H and O–H groups in total. The Labute approximate surface area is 145 Å². The van der Waals surface area contributed by atoms with Crippen molar-refractivity contribution in [3.05, 3.63) is 35.4 Å². The molecule has 2 aliphatic rings. The Morgan fingerprint density at radius 2 is 1.96 bits per heavy atom. The van der Waals surface area contributed by atoms with Gasteiger partial charge < -0.3 is 10.5 Å². The molecule has 1 aliphatic heterocycles. The number of carbonyl (C=O) groups is 1. The van der Waals surface area contributed by atoms with Crippen LogP contribution >= 0.6 is 0 Å². The first-order chi connectivity index (χ1) is 11.8. The van der Waals surface area contributed by atoms with Crippen molar-refractivity contribution in [1.29, 1.82) is 0 Å². The number of likely N-dealkylation sites (tertiary alicyclic amines) is 1. The Morgan fingerprint density at radius 3 is 2.48 bits per heavy atom. The zero-order valence-electron chi connectivity index (χ0n) is 14.2. The fourth-order valence-electron chi connectivity index (χ4n) is 4.75. The Morgan fingerprint density at radius 1 is 1.32 bits per heavy atom. The molecule has 2 fully saturated rings. The second-order valence-corrected chi connectivity index (χ2v) is 7.08. The number of nitrogens with two attached hydrogens (primary N) is 1. The first-order valence-corrected chi connectivity index (χ1v) is 8.51. The zero-order chi connectivity index (χ0) is 18.2. The lowest BCUT2D eigenvalue weighted by molar-refractivity contribution is -0.197. The second-order valence-electron chi connectivity index (χ2n) is 7.08. The lowest BCUT2D eigenvalue weighted by Gasteiger charge is -2.55. The third-order valence-corrected chi connectivity index (χ3v) is 5.61. The van der Waals surface area contributed by atoms with Crippen LogP contribution in [0.2, 0.25) is 0 Å². The number of benzene rings is 1. The van der Waals surface area contributed by atoms with Gasteiger partial charge >= 0.3 is 6.18 Å². The number of alkyl halides is 3. The van der Waals surface area contributed by atoms with E-state index in [-0.39, 0.29) is 11.8 Å². The summed E-state index contributed by atoms with van der Waals surface area (Å²) >= 11 is 0. The number of halogens is 3. The average Bonchev–Trinajstić information content (AvgIpc) is 2.52. The van der Waals surface area contributed by atoms with Gasteiger partial charge in [0.25, 0.3) is 0 Å². The van der Waals surface area contributed by atoms with E-state index in [1.54, 1.807) is 25.3 Å². The van der Waals surface area contributed by atoms with Crippen molar-refractivity contribution in [2.75, 3.05) is 26.7 Å². The predicted molar refractivity (Wildman–Crippen MR) is 87.0 cm³/mol. The van der Waals surface area contributed by atoms with Crippen molar-refractivity contribution in [3.63, 3.8) is 0 Å². The van der Waals surface area contributed by atoms with E-state index in [1.165, 1.54) is 4.90 Å². The van der Waals surface area contributed by atoms with Gasteiger partial charge in [0.1, 0.15) is 5.60 Å². The topological polar surface area (TPSA) is 55.6 Å². The first kappa shape index (κ1) is 18.2. The number of primary amides is 1. The van der Waals surface area contributed by atoms with Crippen LogP contribution in [0.25, 0.3) is 0 Å². The molecule has 7 heteroatoms. The van der Waals surface area contributed by atoms with Crippen LogP contribution in [0.15, 0.2) is 24.3 Å². The lowest BCUT2D eigenvalue weighted by atomic mass is 9.62. The van der Waals surface area contributed by atoms with Crippen molar-refractivity contribution in [3.8, 4) is 0 Å². The molecule has 1 heterocycles. The summed E-state index contributed by atoms with van der Waals surface area (Å²) in [4.78, 5) is 13.0. The molecule has 1 unspecified atom stereocenters. The standard InChI is InChI=1S/C18H23F3N2O2/c1-25-18(13-5-2-4-12(8-13)16(22)24)14-6-3-7-15(18)10-23(9-14)11-17(19,20)21/h2,4-5,8,14-15H,3,6-7,9-11H2,1H3,(H2,22,24)/t14-,15+,18?. The lowest BCUT2D eigenvalue weighted by Crippen LogP contribution is -2.60. The largest absolute Gasteiger partial charge is 0.401 e. The molecule has 4 nitrogen and oxygen atoms in total. The average molecular weight is 356 g/mol. The van der Waals surface area contributed by atoms with Crippen molar-refractivity contribution in [2.24, 2.45) is 17.6 Å². The van der Waals surface area contributed by atoms with Crippen molar-refractivity contribution in [2.45, 2.75) is 31.0 Å². The van der Waals surface area contributed by atoms with Crippen molar-refractivity contribution in [1.82, 2.24) is 4.90 Å². The molecule has 0 radical (unpaired) electrons. The third kappa shape index (κ3) is 3.40. The highest BCUT2D eigenvalue weighted by atomic mass is 19.4. The SMILES string of the molecule is COC1(c2cccc(C(N)=O)c2)[C@@H]2CCC[C@H]1CN(CC(F)(F)F)C2. The number of hydrogen-bond acceptors (Lipinski definition) is 3. The molecule has 0 spiro atoms. The van der Waals surface area contributed by atoms with Gasteiger partial charge in [0.15, 0.2) is 0 Å². The number of methoxy groups -OCH3 is 1. The van der Waals surface area contributed by atoms with E-state index in [4.69, 9.17) is 10.5 Å². The van der Waals surface area contributed by atoms with Gasteiger partial charge in [-0.25, -0.2) is 0 Å². The maximum Gasteiger partial charge on any atom is 0.401 e. The van der Waals surface area contributed by atoms with Crippen molar-refractivity contribution >= 4 is 5.91 Å². The van der Waals surface area contributed by atoms with Gasteiger partial charge in [-0.15, -0.1) is 0 Å². The molecule has 1 saturated carbocycles. The minimum absolute atomic E-state index is 0.0459. The molecule has 25 heavy (non-hydrogen) atoms. The van der Waals surface area contributed by atoms with Crippen molar-refractivity contribution < 1.29 is 22.7 Å². The highest BCUT2D eigenvalue weighted by molar-refractivity contribution is 5.92. The molecule has 1 aromatic rings. The molecule has 3 rings (SSSR count). The van der Waals surface area contributed by atoms with Gasteiger partial charge in [0.2, 0.25) is 5.91 Å². The summed E-state index contributed by atoms with van der Waals surface area (Å²) in [5, 5.41) is 0. The maximum atomic E-state index is 12.8. The second kappa shape index (κ2) is 6.61. The minimum Gasteiger partial charge on any atom is -0.373 e. The Bertz CT molecular complexity index is 633. The summed E-state index contributed by atoms with van der Waals surface area (Å²) in [6.45, 7) is -0.212. The normalized spacial score (nSPS) is 30.2. The minimum atomic E-state index is -4.20. The molecular formula is C18H23F3N2O2. The van der Waals surface area contributed by atoms with E-state index < -0.39 is 24.2 Å². The van der Waals surface area contributed by atoms with Crippen LogP contribution < -0.4 is 5.73 Å². The van der Waals surface area contributed by atoms with Gasteiger partial charge in [0, 0.05) is 37.6 Å². The van der Waals surface area contributed by atoms with Crippen LogP contribution in [-0.2, 0) is 10.3 Å². The zero-order valence-corrected chi connectivity index (χ0v) is 14.2. The van der Waals surface area contributed by atoms with Gasteiger partial charge in [-0.1, -0.05) is 18.6 Å². The molecule has 1 amide bonds. The number of carbonyl (C=O) groups excluding carboxylic acids is 1. The third-order valence-electron chi connectivity index (χ3n) is 5.61. The van der Waals surface area contributed by atoms with Gasteiger partial charge in [-0.05, 0) is 30.5 Å². The molecule has 3 atom stereocenters. The molecule has 138 valence electrons. The Balaban J connectivity index is 1.96. The smallest absolute Gasteiger partial charge is 0.373 e. The van der Waals surface area contributed by atoms with Crippen LogP contribution in [0, 0.1) is 11.8 Å². The van der Waals surface area contributed by atoms with Gasteiger partial charge in [-0.2, -0.15) is 13.2 Å². The number of fused-ring (bicyclic) bond motifs is 2. The summed E-state index contributed by atoms with van der Waals surface area (Å²) in [7, 11) is 1.61. The maximum absolute atomic E-state index is 12.8. The summed E-state index contributed by atoms with van der Waals surface area (Å²) < 4.78 is 44.5. The van der Waals surface area contributed by atoms with Crippen LogP contribution in [0.4, 0.5) is 13.2 Å². The predicted octanol–water partition coefficient (Wildman–Crippen LogP) is 2.92. The number of hydrogen-bond donors (Lipinski definition) is 1. The van der Waals surface area contributed by atoms with E-state index in [1.807, 2.05) is 6.07 Å². The summed E-state index contributed by atoms with van der Waals surface area (Å²) in [6, 6.07) is 7.02. The molecule has 1 aliphatic carbocycles. The molecule has 2 bridgehead atoms. The monoisotopic (exact) mass is 356 g/mol. The summed E-state index contributed by atoms with van der Waals surface area (Å²) in [6.07, 6.45) is -1.61. The van der Waals surface area contributed by atoms with E-state index in [0.29, 0.717) is 18.7 Å². The van der Waals surface area contributed by atoms with E-state index in [0.717, 1.165) is 24.8 Å². The van der Waals surface area contributed by atoms with Crippen LogP contribution in [0.1, 0.15) is 35.2 Å². The van der Waals surface area contributed by atoms with E-state index >= 15 is 0 Å². The van der Waals surface area contributed by atoms with E-state index in [2.05, 4.69) is 0 Å². The van der Waals surface area contributed by atoms with E-state index in [9.17, 15) is 18.0 Å². The Hall–Kier alpha value is -1.60. The molecule has 0 aromatic heterocycles. The van der Waals surface area contributed by atoms with Crippen LogP contribution in [0.5, 0.6) is 0 Å². The number of rotatable bonds is 4. The Kier molecular flexibility index (Phi) is 4.81. The number of piperidine rings is 1. The fraction of sp³-hybridized carbons (Fsp3) is 0.611. The fourth-order valence-corrected chi connectivity index (χ4v) is 4.75.